The number of aliphatic hydroxyl groups excluding tert-OH is 1. The van der Waals surface area contributed by atoms with Gasteiger partial charge >= 0.3 is 17.3 Å². The molecule has 1 rings (SSSR count). The predicted octanol–water partition coefficient (Wildman–Crippen LogP) is 0.459. The van der Waals surface area contributed by atoms with Crippen molar-refractivity contribution in [2.24, 2.45) is 0 Å². The molecule has 0 heterocycles. The van der Waals surface area contributed by atoms with Gasteiger partial charge in [0.2, 0.25) is 0 Å². The second-order valence-corrected chi connectivity index (χ2v) is 5.00. The summed E-state index contributed by atoms with van der Waals surface area (Å²) in [4.78, 5) is 31.4. The van der Waals surface area contributed by atoms with Gasteiger partial charge in [0, 0.05) is 7.11 Å². The first-order valence-electron chi connectivity index (χ1n) is 7.96. The average Bonchev–Trinajstić information content (AvgIpc) is 2.66. The molecular weight excluding hydrogens is 384 g/mol. The Labute approximate surface area is 159 Å². The average molecular weight is 404 g/mol. The molecule has 0 spiro atoms. The lowest BCUT2D eigenvalue weighted by Gasteiger charge is -2.11. The first-order chi connectivity index (χ1) is 13.4. The Balaban J connectivity index is 2.74. The smallest absolute Gasteiger partial charge is 0.350 e. The van der Waals surface area contributed by atoms with Crippen LogP contribution in [-0.2, 0) is 19.0 Å². The minimum atomic E-state index is -1.11. The molecule has 28 heavy (non-hydrogen) atoms. The van der Waals surface area contributed by atoms with Gasteiger partial charge in [0.05, 0.1) is 55.0 Å². The Kier molecular flexibility index (Phi) is 10.3. The van der Waals surface area contributed by atoms with Crippen LogP contribution in [0.1, 0.15) is 0 Å². The lowest BCUT2D eigenvalue weighted by molar-refractivity contribution is -0.422. The highest BCUT2D eigenvalue weighted by atomic mass is 16.6. The minimum absolute atomic E-state index is 0.0752. The molecule has 0 unspecified atom stereocenters. The first kappa shape index (κ1) is 23.2. The molecule has 0 amide bonds. The van der Waals surface area contributed by atoms with E-state index in [1.807, 2.05) is 0 Å². The number of hydrogen-bond acceptors (Lipinski definition) is 11. The van der Waals surface area contributed by atoms with Crippen LogP contribution in [0.3, 0.4) is 0 Å². The van der Waals surface area contributed by atoms with Crippen molar-refractivity contribution in [2.75, 3.05) is 53.4 Å². The molecular formula is C15H20N2O11. The van der Waals surface area contributed by atoms with Gasteiger partial charge in [-0.05, 0) is 0 Å². The Morgan fingerprint density at radius 1 is 0.929 bits per heavy atom. The van der Waals surface area contributed by atoms with Crippen LogP contribution in [0.15, 0.2) is 12.1 Å². The third kappa shape index (κ3) is 7.79. The number of carbonyl (C=O) groups is 1. The molecule has 1 aromatic rings. The van der Waals surface area contributed by atoms with Crippen molar-refractivity contribution in [3.63, 3.8) is 0 Å². The molecule has 0 bridgehead atoms. The fourth-order valence-corrected chi connectivity index (χ4v) is 1.85. The molecule has 0 aromatic heterocycles. The summed E-state index contributed by atoms with van der Waals surface area (Å²) in [6.45, 7) is 0.463. The third-order valence-corrected chi connectivity index (χ3v) is 3.08. The van der Waals surface area contributed by atoms with Crippen molar-refractivity contribution in [3.8, 4) is 11.5 Å². The number of hydrogen-bond donors (Lipinski definition) is 1. The SMILES string of the molecule is COCCOCCOCCOc1cc([N+](=O)[O-])c([N+](=O)[O-])cc1OC(=O)CO. The molecule has 156 valence electrons. The summed E-state index contributed by atoms with van der Waals surface area (Å²) in [5.74, 6) is -1.82. The van der Waals surface area contributed by atoms with Crippen LogP contribution >= 0.6 is 0 Å². The van der Waals surface area contributed by atoms with Gasteiger partial charge in [0.15, 0.2) is 11.5 Å². The van der Waals surface area contributed by atoms with Gasteiger partial charge in [-0.2, -0.15) is 0 Å². The predicted molar refractivity (Wildman–Crippen MR) is 91.5 cm³/mol. The first-order valence-corrected chi connectivity index (χ1v) is 7.96. The molecule has 0 aliphatic carbocycles. The van der Waals surface area contributed by atoms with Crippen molar-refractivity contribution in [3.05, 3.63) is 32.4 Å². The van der Waals surface area contributed by atoms with Crippen LogP contribution in [0.2, 0.25) is 0 Å². The zero-order valence-electron chi connectivity index (χ0n) is 15.0. The number of ether oxygens (including phenoxy) is 5. The van der Waals surface area contributed by atoms with Crippen LogP contribution in [0.25, 0.3) is 0 Å². The third-order valence-electron chi connectivity index (χ3n) is 3.08. The number of methoxy groups -OCH3 is 1. The summed E-state index contributed by atoms with van der Waals surface area (Å²) in [6.07, 6.45) is 0. The van der Waals surface area contributed by atoms with Gasteiger partial charge in [0.25, 0.3) is 0 Å². The summed E-state index contributed by atoms with van der Waals surface area (Å²) in [5, 5.41) is 30.8. The zero-order chi connectivity index (χ0) is 20.9. The van der Waals surface area contributed by atoms with E-state index in [-0.39, 0.29) is 25.6 Å². The minimum Gasteiger partial charge on any atom is -0.487 e. The van der Waals surface area contributed by atoms with E-state index in [0.29, 0.717) is 25.9 Å². The molecule has 13 heteroatoms. The van der Waals surface area contributed by atoms with Crippen molar-refractivity contribution in [1.82, 2.24) is 0 Å². The summed E-state index contributed by atoms with van der Waals surface area (Å²) in [5.41, 5.74) is -1.72. The molecule has 0 saturated carbocycles. The van der Waals surface area contributed by atoms with Crippen LogP contribution in [0, 0.1) is 20.2 Å². The summed E-state index contributed by atoms with van der Waals surface area (Å²) >= 11 is 0. The van der Waals surface area contributed by atoms with E-state index in [2.05, 4.69) is 0 Å². The summed E-state index contributed by atoms with van der Waals surface area (Å²) < 4.78 is 25.2. The van der Waals surface area contributed by atoms with E-state index in [1.165, 1.54) is 0 Å². The topological polar surface area (TPSA) is 170 Å². The molecule has 13 nitrogen and oxygen atoms in total. The maximum atomic E-state index is 11.3. The number of carbonyl (C=O) groups excluding carboxylic acids is 1. The fourth-order valence-electron chi connectivity index (χ4n) is 1.85. The van der Waals surface area contributed by atoms with Crippen molar-refractivity contribution in [1.29, 1.82) is 0 Å². The van der Waals surface area contributed by atoms with Crippen LogP contribution < -0.4 is 9.47 Å². The van der Waals surface area contributed by atoms with Crippen LogP contribution in [0.5, 0.6) is 11.5 Å². The Morgan fingerprint density at radius 2 is 1.43 bits per heavy atom. The van der Waals surface area contributed by atoms with E-state index in [0.717, 1.165) is 6.07 Å². The standard InChI is InChI=1S/C15H20N2O11/c1-24-2-3-25-4-5-26-6-7-27-13-8-11(16(20)21)12(17(22)23)9-14(13)28-15(19)10-18/h8-9,18H,2-7,10H2,1H3. The summed E-state index contributed by atoms with van der Waals surface area (Å²) in [7, 11) is 1.55. The molecule has 1 aromatic carbocycles. The lowest BCUT2D eigenvalue weighted by Crippen LogP contribution is -2.15. The molecule has 0 atom stereocenters. The van der Waals surface area contributed by atoms with Crippen molar-refractivity contribution >= 4 is 17.3 Å². The molecule has 1 N–H and O–H groups in total. The number of nitro benzene ring substituents is 2. The lowest BCUT2D eigenvalue weighted by atomic mass is 10.2. The second kappa shape index (κ2) is 12.5. The second-order valence-electron chi connectivity index (χ2n) is 5.00. The summed E-state index contributed by atoms with van der Waals surface area (Å²) in [6, 6.07) is 1.46. The Hall–Kier alpha value is -2.87. The van der Waals surface area contributed by atoms with Gasteiger partial charge in [0.1, 0.15) is 13.2 Å². The number of aliphatic hydroxyl groups is 1. The fraction of sp³-hybridized carbons (Fsp3) is 0.533. The van der Waals surface area contributed by atoms with E-state index in [4.69, 9.17) is 28.8 Å². The number of nitro groups is 2. The van der Waals surface area contributed by atoms with Gasteiger partial charge in [-0.3, -0.25) is 20.2 Å². The monoisotopic (exact) mass is 404 g/mol. The van der Waals surface area contributed by atoms with Gasteiger partial charge in [-0.1, -0.05) is 0 Å². The Morgan fingerprint density at radius 3 is 1.93 bits per heavy atom. The van der Waals surface area contributed by atoms with Crippen LogP contribution in [-0.4, -0.2) is 74.3 Å². The molecule has 0 saturated heterocycles. The van der Waals surface area contributed by atoms with E-state index >= 15 is 0 Å². The van der Waals surface area contributed by atoms with Crippen molar-refractivity contribution in [2.45, 2.75) is 0 Å². The van der Waals surface area contributed by atoms with E-state index < -0.39 is 39.5 Å². The largest absolute Gasteiger partial charge is 0.487 e. The molecule has 0 aliphatic rings. The van der Waals surface area contributed by atoms with Gasteiger partial charge in [-0.25, -0.2) is 4.79 Å². The molecule has 0 aliphatic heterocycles. The highest BCUT2D eigenvalue weighted by Crippen LogP contribution is 2.39. The Bertz CT molecular complexity index is 680. The maximum absolute atomic E-state index is 11.3. The van der Waals surface area contributed by atoms with E-state index in [9.17, 15) is 25.0 Å². The zero-order valence-corrected chi connectivity index (χ0v) is 15.0. The molecule has 0 fully saturated rings. The number of nitrogens with zero attached hydrogens (tertiary/aromatic N) is 2. The van der Waals surface area contributed by atoms with E-state index in [1.54, 1.807) is 7.11 Å². The van der Waals surface area contributed by atoms with Gasteiger partial charge < -0.3 is 28.8 Å². The van der Waals surface area contributed by atoms with Gasteiger partial charge in [-0.15, -0.1) is 0 Å². The van der Waals surface area contributed by atoms with Crippen LogP contribution in [0.4, 0.5) is 11.4 Å². The number of esters is 1. The highest BCUT2D eigenvalue weighted by molar-refractivity contribution is 5.75. The quantitative estimate of drug-likeness (QED) is 0.150. The van der Waals surface area contributed by atoms with Crippen molar-refractivity contribution < 1.29 is 43.4 Å². The normalized spacial score (nSPS) is 10.5. The maximum Gasteiger partial charge on any atom is 0.350 e. The highest BCUT2D eigenvalue weighted by Gasteiger charge is 2.29. The molecule has 0 radical (unpaired) electrons. The number of benzene rings is 1. The number of rotatable bonds is 14.